The van der Waals surface area contributed by atoms with Crippen LogP contribution in [0.1, 0.15) is 33.1 Å². The molecule has 1 heterocycles. The first-order valence-corrected chi connectivity index (χ1v) is 7.84. The highest BCUT2D eigenvalue weighted by molar-refractivity contribution is 7.17. The second-order valence-corrected chi connectivity index (χ2v) is 6.73. The van der Waals surface area contributed by atoms with Gasteiger partial charge < -0.3 is 5.32 Å². The van der Waals surface area contributed by atoms with E-state index in [-0.39, 0.29) is 0 Å². The lowest BCUT2D eigenvalue weighted by atomic mass is 9.79. The molecule has 2 heteroatoms. The molecule has 1 fully saturated rings. The normalized spacial score (nSPS) is 28.4. The Morgan fingerprint density at radius 3 is 2.83 bits per heavy atom. The lowest BCUT2D eigenvalue weighted by molar-refractivity contribution is 0.261. The lowest BCUT2D eigenvalue weighted by Crippen LogP contribution is -2.30. The highest BCUT2D eigenvalue weighted by Gasteiger charge is 2.24. The minimum atomic E-state index is 0.660. The molecule has 1 aromatic carbocycles. The average molecular weight is 259 g/mol. The first-order chi connectivity index (χ1) is 8.72. The zero-order valence-corrected chi connectivity index (χ0v) is 12.0. The van der Waals surface area contributed by atoms with Gasteiger partial charge in [0, 0.05) is 16.4 Å². The third kappa shape index (κ3) is 2.39. The van der Waals surface area contributed by atoms with Crippen LogP contribution in [-0.4, -0.2) is 6.04 Å². The molecule has 1 saturated carbocycles. The van der Waals surface area contributed by atoms with Gasteiger partial charge in [-0.2, -0.15) is 0 Å². The molecule has 0 amide bonds. The van der Waals surface area contributed by atoms with Gasteiger partial charge in [-0.15, -0.1) is 11.3 Å². The van der Waals surface area contributed by atoms with E-state index in [1.54, 1.807) is 0 Å². The number of thiophene rings is 1. The van der Waals surface area contributed by atoms with E-state index in [9.17, 15) is 0 Å². The molecule has 0 aliphatic heterocycles. The van der Waals surface area contributed by atoms with E-state index in [0.717, 1.165) is 11.8 Å². The predicted octanol–water partition coefficient (Wildman–Crippen LogP) is 5.14. The van der Waals surface area contributed by atoms with E-state index in [4.69, 9.17) is 0 Å². The van der Waals surface area contributed by atoms with Crippen LogP contribution in [0.4, 0.5) is 5.69 Å². The summed E-state index contributed by atoms with van der Waals surface area (Å²) in [5.41, 5.74) is 1.28. The summed E-state index contributed by atoms with van der Waals surface area (Å²) in [6, 6.07) is 9.61. The summed E-state index contributed by atoms with van der Waals surface area (Å²) < 4.78 is 1.38. The standard InChI is InChI=1S/C16H21NS/c1-11-3-4-14(9-12(11)2)17-15-5-6-16-13(10-15)7-8-18-16/h5-8,10-12,14,17H,3-4,9H2,1-2H3. The fourth-order valence-corrected chi connectivity index (χ4v) is 3.74. The summed E-state index contributed by atoms with van der Waals surface area (Å²) in [6.07, 6.45) is 3.98. The molecule has 1 nitrogen and oxygen atoms in total. The average Bonchev–Trinajstić information content (AvgIpc) is 2.81. The fourth-order valence-electron chi connectivity index (χ4n) is 2.97. The zero-order valence-electron chi connectivity index (χ0n) is 11.1. The van der Waals surface area contributed by atoms with E-state index < -0.39 is 0 Å². The van der Waals surface area contributed by atoms with Crippen molar-refractivity contribution in [2.24, 2.45) is 11.8 Å². The zero-order chi connectivity index (χ0) is 12.5. The molecular formula is C16H21NS. The Hall–Kier alpha value is -1.02. The van der Waals surface area contributed by atoms with E-state index in [1.807, 2.05) is 11.3 Å². The van der Waals surface area contributed by atoms with Crippen LogP contribution in [-0.2, 0) is 0 Å². The van der Waals surface area contributed by atoms with Crippen molar-refractivity contribution in [1.82, 2.24) is 0 Å². The van der Waals surface area contributed by atoms with Gasteiger partial charge in [0.2, 0.25) is 0 Å². The lowest BCUT2D eigenvalue weighted by Gasteiger charge is -2.33. The van der Waals surface area contributed by atoms with Crippen molar-refractivity contribution in [1.29, 1.82) is 0 Å². The Labute approximate surface area is 113 Å². The van der Waals surface area contributed by atoms with Crippen LogP contribution in [0.15, 0.2) is 29.6 Å². The van der Waals surface area contributed by atoms with Gasteiger partial charge in [0.1, 0.15) is 0 Å². The van der Waals surface area contributed by atoms with Crippen molar-refractivity contribution >= 4 is 27.1 Å². The number of benzene rings is 1. The Morgan fingerprint density at radius 1 is 1.11 bits per heavy atom. The molecule has 1 aliphatic carbocycles. The van der Waals surface area contributed by atoms with Gasteiger partial charge in [0.25, 0.3) is 0 Å². The number of fused-ring (bicyclic) bond motifs is 1. The van der Waals surface area contributed by atoms with Gasteiger partial charge in [0.15, 0.2) is 0 Å². The molecule has 2 aromatic rings. The Bertz CT molecular complexity index is 531. The molecule has 18 heavy (non-hydrogen) atoms. The second kappa shape index (κ2) is 4.93. The van der Waals surface area contributed by atoms with Gasteiger partial charge in [0.05, 0.1) is 0 Å². The fraction of sp³-hybridized carbons (Fsp3) is 0.500. The SMILES string of the molecule is CC1CCC(Nc2ccc3sccc3c2)CC1C. The van der Waals surface area contributed by atoms with E-state index >= 15 is 0 Å². The third-order valence-corrected chi connectivity index (χ3v) is 5.32. The molecule has 0 spiro atoms. The summed E-state index contributed by atoms with van der Waals surface area (Å²) in [4.78, 5) is 0. The molecule has 0 saturated heterocycles. The maximum absolute atomic E-state index is 3.72. The summed E-state index contributed by atoms with van der Waals surface area (Å²) >= 11 is 1.81. The van der Waals surface area contributed by atoms with Crippen molar-refractivity contribution in [3.05, 3.63) is 29.6 Å². The van der Waals surface area contributed by atoms with E-state index in [2.05, 4.69) is 48.8 Å². The summed E-state index contributed by atoms with van der Waals surface area (Å²) in [6.45, 7) is 4.78. The summed E-state index contributed by atoms with van der Waals surface area (Å²) in [5.74, 6) is 1.74. The Morgan fingerprint density at radius 2 is 2.00 bits per heavy atom. The monoisotopic (exact) mass is 259 g/mol. The summed E-state index contributed by atoms with van der Waals surface area (Å²) in [5, 5.41) is 7.25. The first-order valence-electron chi connectivity index (χ1n) is 6.96. The van der Waals surface area contributed by atoms with Crippen molar-refractivity contribution in [2.75, 3.05) is 5.32 Å². The first kappa shape index (κ1) is 12.0. The van der Waals surface area contributed by atoms with Gasteiger partial charge in [-0.1, -0.05) is 13.8 Å². The number of hydrogen-bond donors (Lipinski definition) is 1. The summed E-state index contributed by atoms with van der Waals surface area (Å²) in [7, 11) is 0. The molecule has 96 valence electrons. The predicted molar refractivity (Wildman–Crippen MR) is 81.4 cm³/mol. The number of rotatable bonds is 2. The number of anilines is 1. The van der Waals surface area contributed by atoms with Crippen LogP contribution in [0.3, 0.4) is 0 Å². The van der Waals surface area contributed by atoms with Gasteiger partial charge in [-0.25, -0.2) is 0 Å². The van der Waals surface area contributed by atoms with Crippen LogP contribution in [0.25, 0.3) is 10.1 Å². The number of hydrogen-bond acceptors (Lipinski definition) is 2. The van der Waals surface area contributed by atoms with Crippen LogP contribution < -0.4 is 5.32 Å². The third-order valence-electron chi connectivity index (χ3n) is 4.42. The Balaban J connectivity index is 1.72. The minimum absolute atomic E-state index is 0.660. The molecule has 0 bridgehead atoms. The molecule has 1 N–H and O–H groups in total. The molecule has 3 unspecified atom stereocenters. The minimum Gasteiger partial charge on any atom is -0.382 e. The second-order valence-electron chi connectivity index (χ2n) is 5.78. The highest BCUT2D eigenvalue weighted by atomic mass is 32.1. The number of nitrogens with one attached hydrogen (secondary N) is 1. The topological polar surface area (TPSA) is 12.0 Å². The van der Waals surface area contributed by atoms with Crippen molar-refractivity contribution in [2.45, 2.75) is 39.2 Å². The molecular weight excluding hydrogens is 238 g/mol. The van der Waals surface area contributed by atoms with Crippen molar-refractivity contribution in [3.63, 3.8) is 0 Å². The largest absolute Gasteiger partial charge is 0.382 e. The van der Waals surface area contributed by atoms with Crippen LogP contribution in [0.2, 0.25) is 0 Å². The van der Waals surface area contributed by atoms with Crippen molar-refractivity contribution in [3.8, 4) is 0 Å². The highest BCUT2D eigenvalue weighted by Crippen LogP contribution is 2.32. The smallest absolute Gasteiger partial charge is 0.0349 e. The maximum atomic E-state index is 3.72. The van der Waals surface area contributed by atoms with E-state index in [1.165, 1.54) is 35.0 Å². The van der Waals surface area contributed by atoms with Crippen molar-refractivity contribution < 1.29 is 0 Å². The molecule has 1 aliphatic rings. The molecule has 1 aromatic heterocycles. The molecule has 3 rings (SSSR count). The van der Waals surface area contributed by atoms with Gasteiger partial charge in [-0.3, -0.25) is 0 Å². The maximum Gasteiger partial charge on any atom is 0.0349 e. The van der Waals surface area contributed by atoms with Crippen LogP contribution in [0, 0.1) is 11.8 Å². The quantitative estimate of drug-likeness (QED) is 0.787. The van der Waals surface area contributed by atoms with E-state index in [0.29, 0.717) is 6.04 Å². The van der Waals surface area contributed by atoms with Gasteiger partial charge >= 0.3 is 0 Å². The molecule has 3 atom stereocenters. The van der Waals surface area contributed by atoms with Gasteiger partial charge in [-0.05, 0) is 66.1 Å². The molecule has 0 radical (unpaired) electrons. The Kier molecular flexibility index (Phi) is 3.29. The van der Waals surface area contributed by atoms with Crippen LogP contribution in [0.5, 0.6) is 0 Å². The van der Waals surface area contributed by atoms with Crippen LogP contribution >= 0.6 is 11.3 Å².